The van der Waals surface area contributed by atoms with Gasteiger partial charge in [-0.1, -0.05) is 6.07 Å². The molecular weight excluding hydrogens is 506 g/mol. The molecule has 4 atom stereocenters. The summed E-state index contributed by atoms with van der Waals surface area (Å²) in [5.74, 6) is -3.54. The number of pyridine rings is 1. The summed E-state index contributed by atoms with van der Waals surface area (Å²) < 4.78 is 0.956. The lowest BCUT2D eigenvalue weighted by Crippen LogP contribution is -2.73. The number of carbonyl (C=O) groups excluding carboxylic acids is 1. The lowest BCUT2D eigenvalue weighted by Gasteiger charge is -2.52. The van der Waals surface area contributed by atoms with E-state index in [1.807, 2.05) is 30.3 Å². The van der Waals surface area contributed by atoms with Crippen LogP contribution in [0.3, 0.4) is 0 Å². The standard InChI is InChI=1S/C26H29N7O4S/c1-3-28-24(37)32-26(18-13-27-14-25(2,22(18)34)23(35)36)31-9-6-10-33(26)16-11-17(19-7-4-5-8-29-19)21-20(12-16)30-15-38-21/h4-12,15,18,22,27,34H,3,13-14H2,1-2H3,(H,35,36)(H2,28,32,37). The van der Waals surface area contributed by atoms with E-state index in [4.69, 9.17) is 4.99 Å². The Kier molecular flexibility index (Phi) is 6.86. The van der Waals surface area contributed by atoms with Crippen molar-refractivity contribution in [3.8, 4) is 11.3 Å². The van der Waals surface area contributed by atoms with Gasteiger partial charge in [0.1, 0.15) is 5.41 Å². The van der Waals surface area contributed by atoms with Gasteiger partial charge in [-0.25, -0.2) is 14.8 Å². The molecule has 0 spiro atoms. The zero-order valence-corrected chi connectivity index (χ0v) is 21.8. The summed E-state index contributed by atoms with van der Waals surface area (Å²) in [6, 6.07) is 9.00. The average Bonchev–Trinajstić information content (AvgIpc) is 3.39. The maximum atomic E-state index is 13.0. The van der Waals surface area contributed by atoms with Crippen LogP contribution in [0.25, 0.3) is 21.5 Å². The molecule has 2 aliphatic heterocycles. The van der Waals surface area contributed by atoms with Crippen molar-refractivity contribution < 1.29 is 19.8 Å². The fourth-order valence-corrected chi connectivity index (χ4v) is 5.88. The SMILES string of the molecule is CCNC(=O)NC1(C2CNCC(C)(C(=O)O)C2O)N=CC=CN1c1cc(-c2ccccn2)c2scnc2c1. The first-order valence-corrected chi connectivity index (χ1v) is 13.2. The number of thiazole rings is 1. The summed E-state index contributed by atoms with van der Waals surface area (Å²) in [7, 11) is 0. The van der Waals surface area contributed by atoms with Gasteiger partial charge in [-0.2, -0.15) is 0 Å². The van der Waals surface area contributed by atoms with Gasteiger partial charge in [0.05, 0.1) is 33.4 Å². The van der Waals surface area contributed by atoms with Crippen LogP contribution in [0.5, 0.6) is 0 Å². The Balaban J connectivity index is 1.69. The number of benzene rings is 1. The molecule has 5 rings (SSSR count). The molecule has 198 valence electrons. The summed E-state index contributed by atoms with van der Waals surface area (Å²) in [4.78, 5) is 40.8. The van der Waals surface area contributed by atoms with Crippen LogP contribution in [-0.4, -0.2) is 69.9 Å². The number of aliphatic imine (C=N–C) groups is 1. The zero-order valence-electron chi connectivity index (χ0n) is 21.0. The number of carbonyl (C=O) groups is 2. The molecule has 2 amide bonds. The van der Waals surface area contributed by atoms with Crippen LogP contribution in [0, 0.1) is 11.3 Å². The summed E-state index contributed by atoms with van der Waals surface area (Å²) in [5, 5.41) is 30.3. The van der Waals surface area contributed by atoms with E-state index in [-0.39, 0.29) is 13.1 Å². The molecule has 11 nitrogen and oxygen atoms in total. The highest BCUT2D eigenvalue weighted by atomic mass is 32.1. The van der Waals surface area contributed by atoms with Gasteiger partial charge in [-0.3, -0.25) is 15.1 Å². The first-order valence-electron chi connectivity index (χ1n) is 12.3. The van der Waals surface area contributed by atoms with Gasteiger partial charge >= 0.3 is 12.0 Å². The van der Waals surface area contributed by atoms with Crippen molar-refractivity contribution in [3.05, 3.63) is 54.3 Å². The van der Waals surface area contributed by atoms with E-state index in [1.54, 1.807) is 42.0 Å². The van der Waals surface area contributed by atoms with Gasteiger partial charge in [0.15, 0.2) is 0 Å². The second-order valence-electron chi connectivity index (χ2n) is 9.51. The molecule has 1 saturated heterocycles. The van der Waals surface area contributed by atoms with Crippen molar-refractivity contribution in [3.63, 3.8) is 0 Å². The first kappa shape index (κ1) is 25.8. The number of carboxylic acids is 1. The molecule has 5 N–H and O–H groups in total. The molecule has 2 aliphatic rings. The molecule has 3 aromatic rings. The number of anilines is 1. The van der Waals surface area contributed by atoms with Crippen molar-refractivity contribution in [1.29, 1.82) is 0 Å². The topological polar surface area (TPSA) is 152 Å². The number of aliphatic hydroxyl groups is 1. The third kappa shape index (κ3) is 4.30. The molecule has 4 unspecified atom stereocenters. The Morgan fingerprint density at radius 1 is 1.29 bits per heavy atom. The number of hydrogen-bond donors (Lipinski definition) is 5. The van der Waals surface area contributed by atoms with Crippen molar-refractivity contribution in [2.24, 2.45) is 16.3 Å². The van der Waals surface area contributed by atoms with E-state index >= 15 is 0 Å². The smallest absolute Gasteiger partial charge is 0.318 e. The molecule has 38 heavy (non-hydrogen) atoms. The maximum Gasteiger partial charge on any atom is 0.318 e. The second-order valence-corrected chi connectivity index (χ2v) is 10.4. The number of nitrogens with one attached hydrogen (secondary N) is 3. The van der Waals surface area contributed by atoms with E-state index in [1.165, 1.54) is 18.3 Å². The Bertz CT molecular complexity index is 1410. The van der Waals surface area contributed by atoms with Gasteiger partial charge in [-0.05, 0) is 44.2 Å². The highest BCUT2D eigenvalue weighted by Gasteiger charge is 2.57. The quantitative estimate of drug-likeness (QED) is 0.323. The van der Waals surface area contributed by atoms with E-state index in [9.17, 15) is 19.8 Å². The Morgan fingerprint density at radius 2 is 2.13 bits per heavy atom. The number of carboxylic acid groups (broad SMARTS) is 1. The van der Waals surface area contributed by atoms with Gasteiger partial charge < -0.3 is 25.7 Å². The molecule has 0 aliphatic carbocycles. The number of urea groups is 1. The summed E-state index contributed by atoms with van der Waals surface area (Å²) in [6.45, 7) is 3.94. The largest absolute Gasteiger partial charge is 0.481 e. The zero-order chi connectivity index (χ0) is 26.9. The fourth-order valence-electron chi connectivity index (χ4n) is 5.09. The molecule has 12 heteroatoms. The summed E-state index contributed by atoms with van der Waals surface area (Å²) in [6.07, 6.45) is 5.41. The van der Waals surface area contributed by atoms with Crippen LogP contribution in [0.1, 0.15) is 13.8 Å². The van der Waals surface area contributed by atoms with Gasteiger partial charge in [-0.15, -0.1) is 11.3 Å². The Labute approximate surface area is 223 Å². The number of fused-ring (bicyclic) bond motifs is 1. The van der Waals surface area contributed by atoms with Crippen molar-refractivity contribution >= 4 is 45.5 Å². The third-order valence-electron chi connectivity index (χ3n) is 7.13. The fraction of sp³-hybridized carbons (Fsp3) is 0.346. The van der Waals surface area contributed by atoms with Crippen LogP contribution in [0.4, 0.5) is 10.5 Å². The normalized spacial score (nSPS) is 26.9. The summed E-state index contributed by atoms with van der Waals surface area (Å²) in [5.41, 5.74) is 3.25. The molecule has 2 aromatic heterocycles. The number of hydrogen-bond acceptors (Lipinski definition) is 9. The number of aliphatic hydroxyl groups excluding tert-OH is 1. The Hall–Kier alpha value is -3.87. The number of aliphatic carboxylic acids is 1. The minimum atomic E-state index is -1.55. The molecule has 0 bridgehead atoms. The van der Waals surface area contributed by atoms with Crippen LogP contribution in [0.15, 0.2) is 59.3 Å². The average molecular weight is 536 g/mol. The van der Waals surface area contributed by atoms with Crippen molar-refractivity contribution in [1.82, 2.24) is 25.9 Å². The second kappa shape index (κ2) is 10.1. The van der Waals surface area contributed by atoms with Gasteiger partial charge in [0.25, 0.3) is 0 Å². The lowest BCUT2D eigenvalue weighted by atomic mass is 9.71. The van der Waals surface area contributed by atoms with E-state index in [0.717, 1.165) is 21.5 Å². The number of piperidine rings is 1. The van der Waals surface area contributed by atoms with E-state index < -0.39 is 35.2 Å². The minimum Gasteiger partial charge on any atom is -0.481 e. The van der Waals surface area contributed by atoms with Gasteiger partial charge in [0.2, 0.25) is 5.79 Å². The number of amides is 2. The molecular formula is C26H29N7O4S. The van der Waals surface area contributed by atoms with E-state index in [0.29, 0.717) is 12.2 Å². The van der Waals surface area contributed by atoms with Crippen LogP contribution >= 0.6 is 11.3 Å². The number of aromatic nitrogens is 2. The molecule has 0 radical (unpaired) electrons. The molecule has 0 saturated carbocycles. The number of nitrogens with zero attached hydrogens (tertiary/aromatic N) is 4. The Morgan fingerprint density at radius 3 is 2.87 bits per heavy atom. The van der Waals surface area contributed by atoms with Crippen LogP contribution < -0.4 is 20.9 Å². The number of allylic oxidation sites excluding steroid dienone is 1. The highest BCUT2D eigenvalue weighted by Crippen LogP contribution is 2.43. The summed E-state index contributed by atoms with van der Waals surface area (Å²) >= 11 is 1.50. The number of rotatable bonds is 6. The molecule has 4 heterocycles. The molecule has 1 aromatic carbocycles. The first-order chi connectivity index (χ1) is 18.3. The highest BCUT2D eigenvalue weighted by molar-refractivity contribution is 7.17. The van der Waals surface area contributed by atoms with Crippen molar-refractivity contribution in [2.45, 2.75) is 25.7 Å². The molecule has 1 fully saturated rings. The third-order valence-corrected chi connectivity index (χ3v) is 8.00. The van der Waals surface area contributed by atoms with Crippen LogP contribution in [0.2, 0.25) is 0 Å². The predicted molar refractivity (Wildman–Crippen MR) is 146 cm³/mol. The van der Waals surface area contributed by atoms with E-state index in [2.05, 4.69) is 25.9 Å². The minimum absolute atomic E-state index is 0.0748. The van der Waals surface area contributed by atoms with Gasteiger partial charge in [0, 0.05) is 49.5 Å². The lowest BCUT2D eigenvalue weighted by molar-refractivity contribution is -0.162. The maximum absolute atomic E-state index is 13.0. The van der Waals surface area contributed by atoms with Crippen LogP contribution in [-0.2, 0) is 4.79 Å². The monoisotopic (exact) mass is 535 g/mol. The van der Waals surface area contributed by atoms with Crippen molar-refractivity contribution in [2.75, 3.05) is 24.5 Å². The predicted octanol–water partition coefficient (Wildman–Crippen LogP) is 2.41.